The van der Waals surface area contributed by atoms with Crippen LogP contribution in [0.4, 0.5) is 0 Å². The lowest BCUT2D eigenvalue weighted by Crippen LogP contribution is -2.79. The van der Waals surface area contributed by atoms with Crippen molar-refractivity contribution in [2.45, 2.75) is 153 Å². The van der Waals surface area contributed by atoms with Crippen molar-refractivity contribution in [1.82, 2.24) is 5.32 Å². The Labute approximate surface area is 401 Å². The number of amides is 1. The number of benzene rings is 3. The average molecular weight is 950 g/mol. The fourth-order valence-corrected chi connectivity index (χ4v) is 12.7. The number of hydrogen-bond donors (Lipinski definition) is 2. The van der Waals surface area contributed by atoms with Crippen molar-refractivity contribution in [2.75, 3.05) is 6.61 Å². The van der Waals surface area contributed by atoms with Crippen molar-refractivity contribution in [3.8, 4) is 0 Å². The third-order valence-electron chi connectivity index (χ3n) is 16.2. The summed E-state index contributed by atoms with van der Waals surface area (Å²) in [6.07, 6.45) is -4.66. The highest BCUT2D eigenvalue weighted by Crippen LogP contribution is 2.67. The van der Waals surface area contributed by atoms with E-state index >= 15 is 4.79 Å². The zero-order valence-electron chi connectivity index (χ0n) is 40.9. The molecule has 13 nitrogen and oxygen atoms in total. The molecule has 12 atom stereocenters. The SMILES string of the molecule is C=C[C@@H]1O[C@@H]2C3=C(C)[C@@H](OC(=O)[C@H](O[Si](C)(C)C(C)(C)C)[C@@H](NC(=O)c4ccccc4)c4ccccc4)C[C@@](O)([C@@H](OC(=O)c4ccccc4)[C@H]4[C@@](C)(CC[C@H]5OC[C@]54OC(C)=O)[C@@H]2O1)C3(C)C. The van der Waals surface area contributed by atoms with Crippen LogP contribution >= 0.6 is 0 Å². The van der Waals surface area contributed by atoms with E-state index in [1.165, 1.54) is 6.92 Å². The van der Waals surface area contributed by atoms with Gasteiger partial charge in [-0.15, -0.1) is 0 Å². The maximum Gasteiger partial charge on any atom is 0.338 e. The minimum Gasteiger partial charge on any atom is -0.456 e. The third kappa shape index (κ3) is 8.38. The maximum absolute atomic E-state index is 15.6. The number of carbonyl (C=O) groups excluding carboxylic acids is 4. The van der Waals surface area contributed by atoms with Crippen molar-refractivity contribution >= 4 is 32.1 Å². The third-order valence-corrected chi connectivity index (χ3v) is 20.7. The van der Waals surface area contributed by atoms with Gasteiger partial charge in [0.05, 0.1) is 30.2 Å². The maximum atomic E-state index is 15.6. The lowest BCUT2D eigenvalue weighted by atomic mass is 9.45. The molecule has 2 saturated heterocycles. The first-order valence-corrected chi connectivity index (χ1v) is 26.6. The summed E-state index contributed by atoms with van der Waals surface area (Å²) in [5, 5.41) is 16.9. The highest BCUT2D eigenvalue weighted by Gasteiger charge is 2.77. The van der Waals surface area contributed by atoms with Crippen molar-refractivity contribution in [1.29, 1.82) is 0 Å². The van der Waals surface area contributed by atoms with Crippen molar-refractivity contribution in [3.05, 3.63) is 131 Å². The topological polar surface area (TPSA) is 165 Å². The Morgan fingerprint density at radius 1 is 0.897 bits per heavy atom. The molecule has 364 valence electrons. The molecule has 0 spiro atoms. The Morgan fingerprint density at radius 2 is 1.50 bits per heavy atom. The van der Waals surface area contributed by atoms with E-state index in [0.29, 0.717) is 35.1 Å². The molecule has 1 amide bonds. The van der Waals surface area contributed by atoms with Gasteiger partial charge in [0.15, 0.2) is 26.3 Å². The minimum atomic E-state index is -2.83. The number of hydrogen-bond acceptors (Lipinski definition) is 12. The van der Waals surface area contributed by atoms with Gasteiger partial charge >= 0.3 is 17.9 Å². The van der Waals surface area contributed by atoms with Gasteiger partial charge in [0.25, 0.3) is 5.91 Å². The Hall–Kier alpha value is -4.96. The molecule has 8 rings (SSSR count). The van der Waals surface area contributed by atoms with E-state index in [1.807, 2.05) is 77.2 Å². The van der Waals surface area contributed by atoms with Crippen LogP contribution in [-0.2, 0) is 42.4 Å². The summed E-state index contributed by atoms with van der Waals surface area (Å²) in [7, 11) is -2.83. The largest absolute Gasteiger partial charge is 0.456 e. The standard InChI is InChI=1S/C54H67NO12Si/c1-12-39-63-42-40-32(2)37(62-49(59)43(67-68(10,11)50(4,5)6)41(34-22-16-13-17-23-34)55-47(57)35-24-18-14-19-25-35)30-54(60,51(40,7)8)46(65-48(58)36-26-20-15-21-27-36)44-52(9,45(42)64-39)29-28-38-53(44,31-61-38)66-33(3)56/h12-27,37-39,41-46,60H,1,28-31H2,2-11H3,(H,55,57)/t37-,38+,39+,41-,42+,43+,44-,45+,46-,52+,53-,54+/m0/s1. The van der Waals surface area contributed by atoms with E-state index in [-0.39, 0.29) is 23.6 Å². The van der Waals surface area contributed by atoms with Gasteiger partial charge in [-0.3, -0.25) is 9.59 Å². The molecule has 4 fully saturated rings. The van der Waals surface area contributed by atoms with Crippen molar-refractivity contribution < 1.29 is 57.1 Å². The van der Waals surface area contributed by atoms with Crippen LogP contribution in [0, 0.1) is 16.7 Å². The zero-order valence-corrected chi connectivity index (χ0v) is 41.9. The van der Waals surface area contributed by atoms with Gasteiger partial charge in [-0.25, -0.2) is 9.59 Å². The Kier molecular flexibility index (Phi) is 13.2. The second-order valence-electron chi connectivity index (χ2n) is 21.6. The highest BCUT2D eigenvalue weighted by molar-refractivity contribution is 6.74. The number of rotatable bonds is 12. The molecule has 0 aromatic heterocycles. The molecular formula is C54H67NO12Si. The highest BCUT2D eigenvalue weighted by atomic mass is 28.4. The van der Waals surface area contributed by atoms with E-state index in [9.17, 15) is 19.5 Å². The molecule has 2 heterocycles. The molecular weight excluding hydrogens is 883 g/mol. The number of carbonyl (C=O) groups is 4. The van der Waals surface area contributed by atoms with Gasteiger partial charge in [-0.1, -0.05) is 115 Å². The summed E-state index contributed by atoms with van der Waals surface area (Å²) in [6, 6.07) is 25.4. The van der Waals surface area contributed by atoms with Crippen LogP contribution < -0.4 is 5.32 Å². The molecule has 2 saturated carbocycles. The van der Waals surface area contributed by atoms with E-state index < -0.39 is 109 Å². The molecule has 2 aliphatic heterocycles. The van der Waals surface area contributed by atoms with Gasteiger partial charge in [-0.2, -0.15) is 0 Å². The monoisotopic (exact) mass is 949 g/mol. The van der Waals surface area contributed by atoms with Crippen LogP contribution in [0.5, 0.6) is 0 Å². The van der Waals surface area contributed by atoms with Gasteiger partial charge in [0, 0.05) is 29.7 Å². The zero-order chi connectivity index (χ0) is 49.2. The predicted molar refractivity (Wildman–Crippen MR) is 256 cm³/mol. The summed E-state index contributed by atoms with van der Waals surface area (Å²) in [5.74, 6) is -3.36. The molecule has 2 bridgehead atoms. The van der Waals surface area contributed by atoms with E-state index in [0.717, 1.165) is 0 Å². The van der Waals surface area contributed by atoms with Gasteiger partial charge in [-0.05, 0) is 84.9 Å². The fourth-order valence-electron chi connectivity index (χ4n) is 11.5. The second kappa shape index (κ2) is 18.1. The van der Waals surface area contributed by atoms with Crippen LogP contribution in [0.3, 0.4) is 0 Å². The van der Waals surface area contributed by atoms with Gasteiger partial charge < -0.3 is 43.3 Å². The predicted octanol–water partition coefficient (Wildman–Crippen LogP) is 8.59. The van der Waals surface area contributed by atoms with Crippen molar-refractivity contribution in [2.24, 2.45) is 16.7 Å². The molecule has 3 aromatic rings. The Bertz CT molecular complexity index is 2440. The first-order chi connectivity index (χ1) is 32.0. The minimum absolute atomic E-state index is 0.0152. The molecule has 68 heavy (non-hydrogen) atoms. The lowest BCUT2D eigenvalue weighted by molar-refractivity contribution is -0.345. The number of ether oxygens (including phenoxy) is 6. The van der Waals surface area contributed by atoms with E-state index in [1.54, 1.807) is 60.7 Å². The molecule has 3 aliphatic carbocycles. The van der Waals surface area contributed by atoms with Crippen LogP contribution in [0.25, 0.3) is 0 Å². The van der Waals surface area contributed by atoms with Crippen LogP contribution in [0.1, 0.15) is 107 Å². The second-order valence-corrected chi connectivity index (χ2v) is 26.3. The average Bonchev–Trinajstić information content (AvgIpc) is 3.72. The fraction of sp³-hybridized carbons (Fsp3) is 0.519. The number of nitrogens with one attached hydrogen (secondary N) is 1. The quantitative estimate of drug-likeness (QED) is 0.0770. The van der Waals surface area contributed by atoms with Gasteiger partial charge in [0.2, 0.25) is 0 Å². The summed E-state index contributed by atoms with van der Waals surface area (Å²) in [6.45, 7) is 23.2. The molecule has 3 aromatic carbocycles. The van der Waals surface area contributed by atoms with Crippen molar-refractivity contribution in [3.63, 3.8) is 0 Å². The molecule has 0 unspecified atom stereocenters. The van der Waals surface area contributed by atoms with Crippen LogP contribution in [0.15, 0.2) is 115 Å². The normalized spacial score (nSPS) is 32.5. The molecule has 2 N–H and O–H groups in total. The summed E-state index contributed by atoms with van der Waals surface area (Å²) in [4.78, 5) is 57.5. The number of fused-ring (bicyclic) bond motifs is 8. The van der Waals surface area contributed by atoms with Gasteiger partial charge in [0.1, 0.15) is 30.0 Å². The number of aliphatic hydroxyl groups is 1. The first-order valence-electron chi connectivity index (χ1n) is 23.7. The summed E-state index contributed by atoms with van der Waals surface area (Å²) >= 11 is 0. The Morgan fingerprint density at radius 3 is 2.06 bits per heavy atom. The first kappa shape index (κ1) is 49.5. The summed E-state index contributed by atoms with van der Waals surface area (Å²) in [5.41, 5.74) is -3.12. The van der Waals surface area contributed by atoms with Crippen LogP contribution in [0.2, 0.25) is 18.1 Å². The van der Waals surface area contributed by atoms with E-state index in [4.69, 9.17) is 32.8 Å². The smallest absolute Gasteiger partial charge is 0.338 e. The van der Waals surface area contributed by atoms with Crippen LogP contribution in [-0.4, -0.2) is 98.0 Å². The summed E-state index contributed by atoms with van der Waals surface area (Å²) < 4.78 is 46.8. The number of esters is 3. The molecule has 0 radical (unpaired) electrons. The molecule has 5 aliphatic rings. The Balaban J connectivity index is 1.30. The lowest BCUT2D eigenvalue weighted by Gasteiger charge is -2.68. The van der Waals surface area contributed by atoms with E-state index in [2.05, 4.69) is 32.7 Å². The molecule has 14 heteroatoms.